The summed E-state index contributed by atoms with van der Waals surface area (Å²) in [5, 5.41) is 0.573. The Hall–Kier alpha value is 0.350. The molecule has 1 heteroatoms. The van der Waals surface area contributed by atoms with Crippen LogP contribution in [0.4, 0.5) is 0 Å². The van der Waals surface area contributed by atoms with Gasteiger partial charge in [0.15, 0.2) is 0 Å². The van der Waals surface area contributed by atoms with Gasteiger partial charge in [-0.3, -0.25) is 0 Å². The molecule has 1 aliphatic carbocycles. The van der Waals surface area contributed by atoms with Crippen LogP contribution in [0.15, 0.2) is 0 Å². The Bertz CT molecular complexity index is 123. The summed E-state index contributed by atoms with van der Waals surface area (Å²) in [5.41, 5.74) is 0. The summed E-state index contributed by atoms with van der Waals surface area (Å²) in [5.74, 6) is 2.73. The quantitative estimate of drug-likeness (QED) is 0.624. The second-order valence-corrected chi connectivity index (χ2v) is 5.43. The van der Waals surface area contributed by atoms with E-state index in [2.05, 4.69) is 33.4 Å². The molecule has 0 nitrogen and oxygen atoms in total. The molecule has 0 N–H and O–H groups in total. The van der Waals surface area contributed by atoms with Crippen molar-refractivity contribution in [1.82, 2.24) is 0 Å². The van der Waals surface area contributed by atoms with E-state index >= 15 is 0 Å². The third-order valence-electron chi connectivity index (χ3n) is 3.57. The molecular formula is C11H22S. The number of rotatable bonds is 2. The molecule has 0 radical (unpaired) electrons. The van der Waals surface area contributed by atoms with Gasteiger partial charge in [0.05, 0.1) is 0 Å². The predicted molar refractivity (Wildman–Crippen MR) is 58.7 cm³/mol. The molecule has 2 atom stereocenters. The first kappa shape index (κ1) is 10.4. The number of thiol groups is 1. The third kappa shape index (κ3) is 2.69. The molecule has 0 amide bonds. The molecule has 0 aromatic carbocycles. The molecule has 0 heterocycles. The van der Waals surface area contributed by atoms with Gasteiger partial charge in [0.1, 0.15) is 0 Å². The van der Waals surface area contributed by atoms with Crippen molar-refractivity contribution in [3.05, 3.63) is 0 Å². The van der Waals surface area contributed by atoms with E-state index in [9.17, 15) is 0 Å². The van der Waals surface area contributed by atoms with Gasteiger partial charge in [-0.15, -0.1) is 0 Å². The van der Waals surface area contributed by atoms with Crippen LogP contribution in [0.3, 0.4) is 0 Å². The van der Waals surface area contributed by atoms with E-state index in [0.717, 1.165) is 17.8 Å². The lowest BCUT2D eigenvalue weighted by atomic mass is 9.76. The molecule has 0 aromatic rings. The molecule has 1 saturated carbocycles. The minimum atomic E-state index is 0.573. The van der Waals surface area contributed by atoms with Crippen LogP contribution in [0, 0.1) is 17.8 Å². The highest BCUT2D eigenvalue weighted by Crippen LogP contribution is 2.35. The Labute approximate surface area is 82.5 Å². The fourth-order valence-corrected chi connectivity index (χ4v) is 2.45. The van der Waals surface area contributed by atoms with Gasteiger partial charge >= 0.3 is 0 Å². The summed E-state index contributed by atoms with van der Waals surface area (Å²) in [6.07, 6.45) is 5.76. The molecule has 0 spiro atoms. The van der Waals surface area contributed by atoms with Gasteiger partial charge in [0, 0.05) is 5.25 Å². The van der Waals surface area contributed by atoms with Crippen molar-refractivity contribution in [2.45, 2.75) is 51.7 Å². The zero-order valence-electron chi connectivity index (χ0n) is 8.59. The molecule has 12 heavy (non-hydrogen) atoms. The summed E-state index contributed by atoms with van der Waals surface area (Å²) >= 11 is 4.53. The van der Waals surface area contributed by atoms with Crippen LogP contribution in [0.1, 0.15) is 46.5 Å². The van der Waals surface area contributed by atoms with Gasteiger partial charge in [-0.25, -0.2) is 0 Å². The van der Waals surface area contributed by atoms with E-state index in [-0.39, 0.29) is 0 Å². The van der Waals surface area contributed by atoms with E-state index in [1.54, 1.807) is 0 Å². The van der Waals surface area contributed by atoms with Crippen molar-refractivity contribution >= 4 is 12.6 Å². The second kappa shape index (κ2) is 4.55. The van der Waals surface area contributed by atoms with Gasteiger partial charge < -0.3 is 0 Å². The maximum Gasteiger partial charge on any atom is 0.00167 e. The van der Waals surface area contributed by atoms with Gasteiger partial charge in [-0.05, 0) is 30.6 Å². The summed E-state index contributed by atoms with van der Waals surface area (Å²) in [6, 6.07) is 0. The predicted octanol–water partition coefficient (Wildman–Crippen LogP) is 3.77. The van der Waals surface area contributed by atoms with E-state index in [0.29, 0.717) is 5.25 Å². The number of hydrogen-bond donors (Lipinski definition) is 1. The summed E-state index contributed by atoms with van der Waals surface area (Å²) in [4.78, 5) is 0. The molecule has 0 saturated heterocycles. The topological polar surface area (TPSA) is 0 Å². The highest BCUT2D eigenvalue weighted by Gasteiger charge is 2.24. The first-order chi connectivity index (χ1) is 5.61. The Morgan fingerprint density at radius 2 is 1.58 bits per heavy atom. The van der Waals surface area contributed by atoms with Gasteiger partial charge in [0.25, 0.3) is 0 Å². The zero-order chi connectivity index (χ0) is 9.14. The highest BCUT2D eigenvalue weighted by atomic mass is 32.1. The summed E-state index contributed by atoms with van der Waals surface area (Å²) < 4.78 is 0. The van der Waals surface area contributed by atoms with Crippen molar-refractivity contribution in [1.29, 1.82) is 0 Å². The van der Waals surface area contributed by atoms with Crippen LogP contribution < -0.4 is 0 Å². The number of hydrogen-bond acceptors (Lipinski definition) is 1. The van der Waals surface area contributed by atoms with Crippen LogP contribution in [0.2, 0.25) is 0 Å². The van der Waals surface area contributed by atoms with Crippen molar-refractivity contribution in [2.24, 2.45) is 17.8 Å². The maximum absolute atomic E-state index is 4.53. The van der Waals surface area contributed by atoms with Crippen LogP contribution >= 0.6 is 12.6 Å². The van der Waals surface area contributed by atoms with E-state index in [1.807, 2.05) is 0 Å². The monoisotopic (exact) mass is 186 g/mol. The maximum atomic E-state index is 4.53. The average molecular weight is 186 g/mol. The lowest BCUT2D eigenvalue weighted by Crippen LogP contribution is -2.23. The van der Waals surface area contributed by atoms with Crippen LogP contribution in [-0.4, -0.2) is 5.25 Å². The van der Waals surface area contributed by atoms with Crippen LogP contribution in [0.5, 0.6) is 0 Å². The highest BCUT2D eigenvalue weighted by molar-refractivity contribution is 7.80. The molecule has 0 bridgehead atoms. The van der Waals surface area contributed by atoms with Crippen molar-refractivity contribution < 1.29 is 0 Å². The van der Waals surface area contributed by atoms with Gasteiger partial charge in [-0.2, -0.15) is 12.6 Å². The van der Waals surface area contributed by atoms with Crippen LogP contribution in [-0.2, 0) is 0 Å². The lowest BCUT2D eigenvalue weighted by molar-refractivity contribution is 0.223. The molecule has 72 valence electrons. The smallest absolute Gasteiger partial charge is 0.00167 e. The first-order valence-corrected chi connectivity index (χ1v) is 5.81. The molecular weight excluding hydrogens is 164 g/mol. The van der Waals surface area contributed by atoms with Gasteiger partial charge in [0.2, 0.25) is 0 Å². The van der Waals surface area contributed by atoms with E-state index in [4.69, 9.17) is 0 Å². The van der Waals surface area contributed by atoms with Crippen molar-refractivity contribution in [2.75, 3.05) is 0 Å². The summed E-state index contributed by atoms with van der Waals surface area (Å²) in [7, 11) is 0. The SMILES string of the molecule is CC1CCC([C@@H](C)C(C)S)CC1. The summed E-state index contributed by atoms with van der Waals surface area (Å²) in [6.45, 7) is 6.97. The lowest BCUT2D eigenvalue weighted by Gasteiger charge is -2.32. The Kier molecular flexibility index (Phi) is 3.95. The second-order valence-electron chi connectivity index (χ2n) is 4.62. The minimum absolute atomic E-state index is 0.573. The molecule has 1 fully saturated rings. The van der Waals surface area contributed by atoms with Crippen molar-refractivity contribution in [3.8, 4) is 0 Å². The molecule has 1 unspecified atom stereocenters. The van der Waals surface area contributed by atoms with E-state index in [1.165, 1.54) is 25.7 Å². The zero-order valence-corrected chi connectivity index (χ0v) is 9.48. The van der Waals surface area contributed by atoms with Gasteiger partial charge in [-0.1, -0.05) is 33.6 Å². The van der Waals surface area contributed by atoms with E-state index < -0.39 is 0 Å². The Balaban J connectivity index is 2.34. The molecule has 1 aliphatic rings. The Morgan fingerprint density at radius 3 is 2.00 bits per heavy atom. The van der Waals surface area contributed by atoms with Crippen LogP contribution in [0.25, 0.3) is 0 Å². The minimum Gasteiger partial charge on any atom is -0.176 e. The first-order valence-electron chi connectivity index (χ1n) is 5.29. The normalized spacial score (nSPS) is 36.0. The standard InChI is InChI=1S/C11H22S/c1-8-4-6-11(7-5-8)9(2)10(3)12/h8-12H,4-7H2,1-3H3/t8?,9-,10?,11?/m0/s1. The molecule has 0 aromatic heterocycles. The third-order valence-corrected chi connectivity index (χ3v) is 4.04. The van der Waals surface area contributed by atoms with Crippen molar-refractivity contribution in [3.63, 3.8) is 0 Å². The fourth-order valence-electron chi connectivity index (χ4n) is 2.21. The average Bonchev–Trinajstić information content (AvgIpc) is 2.04. The largest absolute Gasteiger partial charge is 0.176 e. The molecule has 0 aliphatic heterocycles. The molecule has 1 rings (SSSR count). The fraction of sp³-hybridized carbons (Fsp3) is 1.00. The Morgan fingerprint density at radius 1 is 1.08 bits per heavy atom.